The Labute approximate surface area is 184 Å². The van der Waals surface area contributed by atoms with E-state index in [-0.39, 0.29) is 35.0 Å². The standard InChI is InChI=1S/C20H21N5O4S2/c26-18-8-6-16(7-9-18)25-20(21-22-23-25)30-13-19(27)24(12-15-4-2-1-3-5-15)17-10-11-31(28,29)14-17/h1-9,17,26H,10-14H2/t17-/m1/s1. The molecule has 31 heavy (non-hydrogen) atoms. The summed E-state index contributed by atoms with van der Waals surface area (Å²) in [5.74, 6) is 0.117. The number of carbonyl (C=O) groups excluding carboxylic acids is 1. The van der Waals surface area contributed by atoms with Gasteiger partial charge in [-0.2, -0.15) is 4.68 Å². The second-order valence-electron chi connectivity index (χ2n) is 7.24. The van der Waals surface area contributed by atoms with Crippen molar-refractivity contribution in [3.05, 3.63) is 60.2 Å². The molecule has 1 N–H and O–H groups in total. The van der Waals surface area contributed by atoms with E-state index >= 15 is 0 Å². The maximum Gasteiger partial charge on any atom is 0.233 e. The average molecular weight is 460 g/mol. The zero-order chi connectivity index (χ0) is 21.8. The Morgan fingerprint density at radius 1 is 1.16 bits per heavy atom. The minimum absolute atomic E-state index is 0.0124. The number of benzene rings is 2. The normalized spacial score (nSPS) is 17.5. The van der Waals surface area contributed by atoms with E-state index in [0.717, 1.165) is 5.56 Å². The summed E-state index contributed by atoms with van der Waals surface area (Å²) in [6, 6.07) is 15.6. The molecule has 1 fully saturated rings. The molecule has 1 aliphatic rings. The Bertz CT molecular complexity index is 1150. The lowest BCUT2D eigenvalue weighted by atomic mass is 10.1. The third-order valence-corrected chi connectivity index (χ3v) is 7.68. The van der Waals surface area contributed by atoms with E-state index in [2.05, 4.69) is 15.5 Å². The second kappa shape index (κ2) is 9.06. The van der Waals surface area contributed by atoms with E-state index < -0.39 is 9.84 Å². The lowest BCUT2D eigenvalue weighted by molar-refractivity contribution is -0.130. The van der Waals surface area contributed by atoms with E-state index in [1.807, 2.05) is 30.3 Å². The number of sulfone groups is 1. The first-order valence-corrected chi connectivity index (χ1v) is 12.5. The highest BCUT2D eigenvalue weighted by atomic mass is 32.2. The number of aromatic nitrogens is 4. The van der Waals surface area contributed by atoms with Gasteiger partial charge in [-0.15, -0.1) is 5.10 Å². The van der Waals surface area contributed by atoms with Crippen molar-refractivity contribution < 1.29 is 18.3 Å². The van der Waals surface area contributed by atoms with Gasteiger partial charge in [0.05, 0.1) is 22.9 Å². The molecule has 1 saturated heterocycles. The predicted molar refractivity (Wildman–Crippen MR) is 116 cm³/mol. The Kier molecular flexibility index (Phi) is 6.23. The zero-order valence-corrected chi connectivity index (χ0v) is 18.2. The van der Waals surface area contributed by atoms with Crippen molar-refractivity contribution in [1.82, 2.24) is 25.1 Å². The van der Waals surface area contributed by atoms with Gasteiger partial charge in [-0.25, -0.2) is 8.42 Å². The predicted octanol–water partition coefficient (Wildman–Crippen LogP) is 1.68. The minimum atomic E-state index is -3.13. The molecule has 3 aromatic rings. The Hall–Kier alpha value is -2.92. The third kappa shape index (κ3) is 5.23. The quantitative estimate of drug-likeness (QED) is 0.530. The number of phenolic OH excluding ortho intramolecular Hbond substituents is 1. The van der Waals surface area contributed by atoms with Crippen molar-refractivity contribution in [2.45, 2.75) is 24.2 Å². The molecule has 0 unspecified atom stereocenters. The topological polar surface area (TPSA) is 118 Å². The third-order valence-electron chi connectivity index (χ3n) is 5.03. The van der Waals surface area contributed by atoms with Crippen LogP contribution in [0.25, 0.3) is 5.69 Å². The van der Waals surface area contributed by atoms with Crippen molar-refractivity contribution in [3.8, 4) is 11.4 Å². The van der Waals surface area contributed by atoms with Gasteiger partial charge >= 0.3 is 0 Å². The summed E-state index contributed by atoms with van der Waals surface area (Å²) in [5.41, 5.74) is 1.60. The molecule has 4 rings (SSSR count). The number of hydrogen-bond donors (Lipinski definition) is 1. The summed E-state index contributed by atoms with van der Waals surface area (Å²) >= 11 is 1.18. The maximum atomic E-state index is 13.1. The van der Waals surface area contributed by atoms with Crippen molar-refractivity contribution in [2.24, 2.45) is 0 Å². The number of tetrazole rings is 1. The van der Waals surface area contributed by atoms with Crippen molar-refractivity contribution >= 4 is 27.5 Å². The van der Waals surface area contributed by atoms with Gasteiger partial charge in [0, 0.05) is 12.6 Å². The molecule has 2 heterocycles. The Balaban J connectivity index is 1.49. The summed E-state index contributed by atoms with van der Waals surface area (Å²) in [7, 11) is -3.13. The number of phenols is 1. The van der Waals surface area contributed by atoms with Gasteiger partial charge in [0.25, 0.3) is 0 Å². The highest BCUT2D eigenvalue weighted by Gasteiger charge is 2.34. The fourth-order valence-electron chi connectivity index (χ4n) is 3.46. The molecule has 0 aliphatic carbocycles. The summed E-state index contributed by atoms with van der Waals surface area (Å²) in [4.78, 5) is 14.8. The minimum Gasteiger partial charge on any atom is -0.508 e. The largest absolute Gasteiger partial charge is 0.508 e. The monoisotopic (exact) mass is 459 g/mol. The van der Waals surface area contributed by atoms with Gasteiger partial charge in [0.15, 0.2) is 9.84 Å². The van der Waals surface area contributed by atoms with Crippen LogP contribution in [0.15, 0.2) is 59.8 Å². The maximum absolute atomic E-state index is 13.1. The molecule has 1 amide bonds. The molecular formula is C20H21N5O4S2. The summed E-state index contributed by atoms with van der Waals surface area (Å²) in [5, 5.41) is 21.5. The molecule has 162 valence electrons. The molecular weight excluding hydrogens is 438 g/mol. The average Bonchev–Trinajstić information content (AvgIpc) is 3.37. The fraction of sp³-hybridized carbons (Fsp3) is 0.300. The molecule has 0 bridgehead atoms. The highest BCUT2D eigenvalue weighted by Crippen LogP contribution is 2.24. The van der Waals surface area contributed by atoms with Crippen molar-refractivity contribution in [3.63, 3.8) is 0 Å². The summed E-state index contributed by atoms with van der Waals surface area (Å²) in [6.07, 6.45) is 0.441. The number of nitrogens with zero attached hydrogens (tertiary/aromatic N) is 5. The molecule has 1 atom stereocenters. The van der Waals surface area contributed by atoms with Crippen LogP contribution in [0.4, 0.5) is 0 Å². The molecule has 2 aromatic carbocycles. The molecule has 0 spiro atoms. The molecule has 11 heteroatoms. The first kappa shape index (κ1) is 21.3. The van der Waals surface area contributed by atoms with Gasteiger partial charge in [-0.3, -0.25) is 4.79 Å². The smallest absolute Gasteiger partial charge is 0.233 e. The van der Waals surface area contributed by atoms with Crippen LogP contribution in [0.1, 0.15) is 12.0 Å². The van der Waals surface area contributed by atoms with Crippen molar-refractivity contribution in [2.75, 3.05) is 17.3 Å². The van der Waals surface area contributed by atoms with E-state index in [4.69, 9.17) is 0 Å². The lowest BCUT2D eigenvalue weighted by Gasteiger charge is -2.28. The van der Waals surface area contributed by atoms with Crippen LogP contribution in [0.5, 0.6) is 5.75 Å². The van der Waals surface area contributed by atoms with Crippen LogP contribution in [-0.2, 0) is 21.2 Å². The highest BCUT2D eigenvalue weighted by molar-refractivity contribution is 7.99. The van der Waals surface area contributed by atoms with Gasteiger partial charge < -0.3 is 10.0 Å². The van der Waals surface area contributed by atoms with E-state index in [9.17, 15) is 18.3 Å². The van der Waals surface area contributed by atoms with Crippen LogP contribution in [0.2, 0.25) is 0 Å². The van der Waals surface area contributed by atoms with Crippen LogP contribution in [-0.4, -0.2) is 67.8 Å². The van der Waals surface area contributed by atoms with Gasteiger partial charge in [0.2, 0.25) is 11.1 Å². The van der Waals surface area contributed by atoms with Crippen molar-refractivity contribution in [1.29, 1.82) is 0 Å². The number of carbonyl (C=O) groups is 1. The molecule has 0 radical (unpaired) electrons. The summed E-state index contributed by atoms with van der Waals surface area (Å²) < 4.78 is 25.5. The zero-order valence-electron chi connectivity index (χ0n) is 16.5. The van der Waals surface area contributed by atoms with Gasteiger partial charge in [-0.1, -0.05) is 42.1 Å². The van der Waals surface area contributed by atoms with Gasteiger partial charge in [0.1, 0.15) is 5.75 Å². The number of thioether (sulfide) groups is 1. The number of rotatable bonds is 7. The number of aromatic hydroxyl groups is 1. The SMILES string of the molecule is O=C(CSc1nnnn1-c1ccc(O)cc1)N(Cc1ccccc1)[C@@H]1CCS(=O)(=O)C1. The lowest BCUT2D eigenvalue weighted by Crippen LogP contribution is -2.41. The Morgan fingerprint density at radius 2 is 1.90 bits per heavy atom. The van der Waals surface area contributed by atoms with E-state index in [0.29, 0.717) is 23.8 Å². The van der Waals surface area contributed by atoms with Gasteiger partial charge in [-0.05, 0) is 46.7 Å². The molecule has 1 aliphatic heterocycles. The number of amides is 1. The van der Waals surface area contributed by atoms with Crippen LogP contribution < -0.4 is 0 Å². The number of hydrogen-bond acceptors (Lipinski definition) is 8. The second-order valence-corrected chi connectivity index (χ2v) is 10.4. The van der Waals surface area contributed by atoms with E-state index in [1.165, 1.54) is 28.6 Å². The molecule has 9 nitrogen and oxygen atoms in total. The molecule has 1 aromatic heterocycles. The first-order chi connectivity index (χ1) is 14.9. The Morgan fingerprint density at radius 3 is 2.58 bits per heavy atom. The van der Waals surface area contributed by atoms with Crippen LogP contribution in [0, 0.1) is 0 Å². The fourth-order valence-corrected chi connectivity index (χ4v) is 5.96. The van der Waals surface area contributed by atoms with Crippen LogP contribution in [0.3, 0.4) is 0 Å². The summed E-state index contributed by atoms with van der Waals surface area (Å²) in [6.45, 7) is 0.351. The van der Waals surface area contributed by atoms with Crippen LogP contribution >= 0.6 is 11.8 Å². The van der Waals surface area contributed by atoms with E-state index in [1.54, 1.807) is 17.0 Å². The molecule has 0 saturated carbocycles. The first-order valence-electron chi connectivity index (χ1n) is 9.66.